The highest BCUT2D eigenvalue weighted by atomic mass is 32.1. The van der Waals surface area contributed by atoms with Gasteiger partial charge < -0.3 is 5.32 Å². The molecular weight excluding hydrogens is 305 g/mol. The quantitative estimate of drug-likeness (QED) is 0.783. The van der Waals surface area contributed by atoms with Crippen LogP contribution in [-0.2, 0) is 6.18 Å². The third-order valence-electron chi connectivity index (χ3n) is 2.71. The molecule has 21 heavy (non-hydrogen) atoms. The number of thiazole rings is 1. The molecule has 1 aromatic carbocycles. The summed E-state index contributed by atoms with van der Waals surface area (Å²) < 4.78 is 39.8. The summed E-state index contributed by atoms with van der Waals surface area (Å²) in [7, 11) is 0. The average molecular weight is 312 g/mol. The summed E-state index contributed by atoms with van der Waals surface area (Å²) in [5, 5.41) is 6.25. The van der Waals surface area contributed by atoms with Crippen LogP contribution in [-0.4, -0.2) is 14.6 Å². The molecule has 0 spiro atoms. The number of halogens is 3. The lowest BCUT2D eigenvalue weighted by Gasteiger charge is -2.11. The van der Waals surface area contributed by atoms with Crippen molar-refractivity contribution >= 4 is 28.2 Å². The van der Waals surface area contributed by atoms with Crippen molar-refractivity contribution in [1.82, 2.24) is 14.6 Å². The molecular formula is C12H7F3N4OS. The first-order valence-electron chi connectivity index (χ1n) is 5.72. The van der Waals surface area contributed by atoms with Gasteiger partial charge in [0.1, 0.15) is 10.9 Å². The van der Waals surface area contributed by atoms with Crippen molar-refractivity contribution in [1.29, 1.82) is 0 Å². The summed E-state index contributed by atoms with van der Waals surface area (Å²) in [6.45, 7) is 0. The van der Waals surface area contributed by atoms with E-state index in [9.17, 15) is 18.0 Å². The van der Waals surface area contributed by atoms with Gasteiger partial charge in [-0.3, -0.25) is 4.79 Å². The van der Waals surface area contributed by atoms with Gasteiger partial charge in [-0.1, -0.05) is 23.5 Å². The molecule has 5 nitrogen and oxygen atoms in total. The minimum absolute atomic E-state index is 0.122. The van der Waals surface area contributed by atoms with E-state index in [1.54, 1.807) is 0 Å². The second-order valence-electron chi connectivity index (χ2n) is 4.06. The molecule has 3 aromatic rings. The fourth-order valence-electron chi connectivity index (χ4n) is 1.78. The normalized spacial score (nSPS) is 13.0. The third kappa shape index (κ3) is 2.47. The monoisotopic (exact) mass is 312 g/mol. The van der Waals surface area contributed by atoms with Crippen molar-refractivity contribution in [3.8, 4) is 0 Å². The number of hydrogen-bond donors (Lipinski definition) is 1. The van der Waals surface area contributed by atoms with E-state index in [2.05, 4.69) is 15.4 Å². The third-order valence-corrected chi connectivity index (χ3v) is 3.69. The minimum atomic E-state index is -4.47. The Morgan fingerprint density at radius 1 is 1.29 bits per heavy atom. The zero-order valence-corrected chi connectivity index (χ0v) is 11.1. The largest absolute Gasteiger partial charge is 0.418 e. The van der Waals surface area contributed by atoms with Gasteiger partial charge in [0.15, 0.2) is 0 Å². The van der Waals surface area contributed by atoms with Gasteiger partial charge in [-0.15, -0.1) is 0 Å². The van der Waals surface area contributed by atoms with Crippen LogP contribution in [0.5, 0.6) is 0 Å². The van der Waals surface area contributed by atoms with Crippen LogP contribution in [0.25, 0.3) is 11.2 Å². The Balaban J connectivity index is 2.02. The van der Waals surface area contributed by atoms with Crippen LogP contribution in [0.1, 0.15) is 5.56 Å². The summed E-state index contributed by atoms with van der Waals surface area (Å²) in [6.07, 6.45) is -2.00. The average Bonchev–Trinajstić information content (AvgIpc) is 3.00. The summed E-state index contributed by atoms with van der Waals surface area (Å²) >= 11 is 1.04. The Morgan fingerprint density at radius 2 is 2.05 bits per heavy atom. The summed E-state index contributed by atoms with van der Waals surface area (Å²) in [5.74, 6) is 0. The van der Waals surface area contributed by atoms with Crippen LogP contribution in [0.2, 0.25) is 0 Å². The number of benzene rings is 1. The fourth-order valence-corrected chi connectivity index (χ4v) is 2.58. The molecule has 3 rings (SSSR count). The van der Waals surface area contributed by atoms with Crippen molar-refractivity contribution in [3.63, 3.8) is 0 Å². The molecule has 0 bridgehead atoms. The minimum Gasteiger partial charge on any atom is -0.360 e. The summed E-state index contributed by atoms with van der Waals surface area (Å²) in [6, 6.07) is 5.04. The van der Waals surface area contributed by atoms with Crippen molar-refractivity contribution in [2.75, 3.05) is 5.32 Å². The lowest BCUT2D eigenvalue weighted by molar-refractivity contribution is -0.136. The summed E-state index contributed by atoms with van der Waals surface area (Å²) in [5.41, 5.74) is -1.35. The van der Waals surface area contributed by atoms with Gasteiger partial charge in [0.05, 0.1) is 11.3 Å². The molecule has 108 valence electrons. The molecule has 0 saturated carbocycles. The van der Waals surface area contributed by atoms with Gasteiger partial charge in [-0.2, -0.15) is 22.8 Å². The van der Waals surface area contributed by atoms with E-state index in [1.807, 2.05) is 0 Å². The number of anilines is 1. The van der Waals surface area contributed by atoms with Crippen LogP contribution >= 0.6 is 11.3 Å². The molecule has 0 unspecified atom stereocenters. The molecule has 9 heteroatoms. The van der Waals surface area contributed by atoms with Crippen molar-refractivity contribution in [3.05, 3.63) is 51.0 Å². The van der Waals surface area contributed by atoms with Gasteiger partial charge in [0.25, 0.3) is 5.56 Å². The van der Waals surface area contributed by atoms with Crippen LogP contribution in [0.4, 0.5) is 18.9 Å². The molecule has 2 aromatic heterocycles. The van der Waals surface area contributed by atoms with Gasteiger partial charge in [-0.05, 0) is 12.1 Å². The summed E-state index contributed by atoms with van der Waals surface area (Å²) in [4.78, 5) is 16.1. The maximum absolute atomic E-state index is 12.8. The predicted molar refractivity (Wildman–Crippen MR) is 71.9 cm³/mol. The van der Waals surface area contributed by atoms with Crippen molar-refractivity contribution in [2.45, 2.75) is 6.18 Å². The highest BCUT2D eigenvalue weighted by Crippen LogP contribution is 2.34. The highest BCUT2D eigenvalue weighted by Gasteiger charge is 2.32. The molecule has 0 amide bonds. The first-order valence-corrected chi connectivity index (χ1v) is 6.54. The maximum Gasteiger partial charge on any atom is 0.418 e. The first kappa shape index (κ1) is 13.6. The molecule has 0 aliphatic heterocycles. The van der Waals surface area contributed by atoms with E-state index < -0.39 is 17.3 Å². The van der Waals surface area contributed by atoms with Gasteiger partial charge in [-0.25, -0.2) is 4.98 Å². The SMILES string of the molecule is O=c1/c(=C/Nc2ccccc2C(F)(F)F)sc2ncnn12. The number of nitrogens with one attached hydrogen (secondary N) is 1. The second-order valence-corrected chi connectivity index (χ2v) is 5.07. The molecule has 1 N–H and O–H groups in total. The van der Waals surface area contributed by atoms with Gasteiger partial charge in [0.2, 0.25) is 4.96 Å². The zero-order chi connectivity index (χ0) is 15.0. The topological polar surface area (TPSA) is 59.3 Å². The van der Waals surface area contributed by atoms with E-state index >= 15 is 0 Å². The van der Waals surface area contributed by atoms with Crippen LogP contribution in [0, 0.1) is 0 Å². The highest BCUT2D eigenvalue weighted by molar-refractivity contribution is 7.15. The Morgan fingerprint density at radius 3 is 2.76 bits per heavy atom. The lowest BCUT2D eigenvalue weighted by atomic mass is 10.2. The number of para-hydroxylation sites is 1. The lowest BCUT2D eigenvalue weighted by Crippen LogP contribution is -2.24. The molecule has 0 fully saturated rings. The molecule has 0 aliphatic rings. The van der Waals surface area contributed by atoms with Crippen molar-refractivity contribution in [2.24, 2.45) is 0 Å². The molecule has 0 atom stereocenters. The Labute approximate surface area is 119 Å². The molecule has 0 saturated heterocycles. The van der Waals surface area contributed by atoms with Crippen LogP contribution < -0.4 is 15.4 Å². The van der Waals surface area contributed by atoms with Crippen LogP contribution in [0.3, 0.4) is 0 Å². The van der Waals surface area contributed by atoms with Crippen LogP contribution in [0.15, 0.2) is 35.4 Å². The molecule has 0 radical (unpaired) electrons. The zero-order valence-electron chi connectivity index (χ0n) is 10.3. The van der Waals surface area contributed by atoms with E-state index in [4.69, 9.17) is 0 Å². The predicted octanol–water partition coefficient (Wildman–Crippen LogP) is 1.74. The number of nitrogens with zero attached hydrogens (tertiary/aromatic N) is 3. The standard InChI is InChI=1S/C12H7F3N4OS/c13-12(14,15)7-3-1-2-4-8(7)16-5-9-10(20)19-11(21-9)17-6-18-19/h1-6,16H/b9-5-. The van der Waals surface area contributed by atoms with E-state index in [0.717, 1.165) is 21.9 Å². The smallest absolute Gasteiger partial charge is 0.360 e. The van der Waals surface area contributed by atoms with Gasteiger partial charge >= 0.3 is 6.18 Å². The number of alkyl halides is 3. The number of rotatable bonds is 2. The first-order chi connectivity index (χ1) is 9.97. The number of fused-ring (bicyclic) bond motifs is 1. The van der Waals surface area contributed by atoms with E-state index in [-0.39, 0.29) is 10.2 Å². The Kier molecular flexibility index (Phi) is 3.13. The van der Waals surface area contributed by atoms with E-state index in [1.165, 1.54) is 30.7 Å². The Bertz CT molecular complexity index is 899. The second kappa shape index (κ2) is 4.85. The number of hydrogen-bond acceptors (Lipinski definition) is 5. The maximum atomic E-state index is 12.8. The fraction of sp³-hybridized carbons (Fsp3) is 0.0833. The van der Waals surface area contributed by atoms with Crippen molar-refractivity contribution < 1.29 is 13.2 Å². The molecule has 0 aliphatic carbocycles. The molecule has 2 heterocycles. The Hall–Kier alpha value is -2.42. The number of aromatic nitrogens is 3. The van der Waals surface area contributed by atoms with Gasteiger partial charge in [0, 0.05) is 6.20 Å². The van der Waals surface area contributed by atoms with E-state index in [0.29, 0.717) is 4.96 Å².